The fourth-order valence-corrected chi connectivity index (χ4v) is 3.15. The van der Waals surface area contributed by atoms with Gasteiger partial charge < -0.3 is 19.5 Å². The number of fused-ring (bicyclic) bond motifs is 1. The van der Waals surface area contributed by atoms with Crippen molar-refractivity contribution >= 4 is 16.9 Å². The molecular weight excluding hydrogens is 318 g/mol. The number of hydrogen-bond acceptors (Lipinski definition) is 5. The lowest BCUT2D eigenvalue weighted by atomic mass is 10.2. The molecule has 1 N–H and O–H groups in total. The lowest BCUT2D eigenvalue weighted by molar-refractivity contribution is 0.0944. The Bertz CT molecular complexity index is 779. The SMILES string of the molecule is CCN1CCN(CCCNC(=O)c2cc3ccccc3oc2=O)CC1. The topological polar surface area (TPSA) is 65.8 Å². The molecule has 0 atom stereocenters. The Morgan fingerprint density at radius 3 is 2.64 bits per heavy atom. The molecule has 0 aliphatic carbocycles. The highest BCUT2D eigenvalue weighted by molar-refractivity contribution is 5.96. The minimum atomic E-state index is -0.591. The highest BCUT2D eigenvalue weighted by Gasteiger charge is 2.16. The molecule has 0 saturated carbocycles. The van der Waals surface area contributed by atoms with Crippen LogP contribution in [0, 0.1) is 0 Å². The molecule has 0 unspecified atom stereocenters. The summed E-state index contributed by atoms with van der Waals surface area (Å²) in [7, 11) is 0. The zero-order valence-corrected chi connectivity index (χ0v) is 14.7. The van der Waals surface area contributed by atoms with E-state index in [1.807, 2.05) is 12.1 Å². The summed E-state index contributed by atoms with van der Waals surface area (Å²) >= 11 is 0. The first kappa shape index (κ1) is 17.6. The molecule has 0 radical (unpaired) electrons. The number of nitrogens with one attached hydrogen (secondary N) is 1. The van der Waals surface area contributed by atoms with Crippen molar-refractivity contribution < 1.29 is 9.21 Å². The third-order valence-electron chi connectivity index (χ3n) is 4.73. The van der Waals surface area contributed by atoms with Crippen LogP contribution in [0.25, 0.3) is 11.0 Å². The first-order valence-corrected chi connectivity index (χ1v) is 8.93. The summed E-state index contributed by atoms with van der Waals surface area (Å²) in [5.41, 5.74) is -0.0302. The van der Waals surface area contributed by atoms with Gasteiger partial charge in [-0.15, -0.1) is 0 Å². The van der Waals surface area contributed by atoms with Crippen LogP contribution in [0.4, 0.5) is 0 Å². The average Bonchev–Trinajstić information content (AvgIpc) is 2.65. The Kier molecular flexibility index (Phi) is 5.83. The Labute approximate surface area is 147 Å². The van der Waals surface area contributed by atoms with Crippen molar-refractivity contribution in [3.63, 3.8) is 0 Å². The first-order chi connectivity index (χ1) is 12.2. The molecule has 25 heavy (non-hydrogen) atoms. The van der Waals surface area contributed by atoms with E-state index in [0.717, 1.165) is 51.1 Å². The van der Waals surface area contributed by atoms with E-state index in [2.05, 4.69) is 22.0 Å². The van der Waals surface area contributed by atoms with Crippen molar-refractivity contribution in [2.45, 2.75) is 13.3 Å². The predicted octanol–water partition coefficient (Wildman–Crippen LogP) is 1.55. The van der Waals surface area contributed by atoms with Gasteiger partial charge in [0, 0.05) is 38.1 Å². The van der Waals surface area contributed by atoms with Crippen LogP contribution in [0.1, 0.15) is 23.7 Å². The van der Waals surface area contributed by atoms with Crippen molar-refractivity contribution in [1.29, 1.82) is 0 Å². The Morgan fingerprint density at radius 2 is 1.88 bits per heavy atom. The molecular formula is C19H25N3O3. The third kappa shape index (κ3) is 4.46. The van der Waals surface area contributed by atoms with Crippen molar-refractivity contribution in [2.24, 2.45) is 0 Å². The van der Waals surface area contributed by atoms with Gasteiger partial charge in [0.05, 0.1) is 0 Å². The molecule has 6 heteroatoms. The van der Waals surface area contributed by atoms with Crippen LogP contribution in [-0.2, 0) is 0 Å². The zero-order chi connectivity index (χ0) is 17.6. The maximum Gasteiger partial charge on any atom is 0.349 e. The van der Waals surface area contributed by atoms with Gasteiger partial charge in [0.15, 0.2) is 0 Å². The van der Waals surface area contributed by atoms with E-state index in [4.69, 9.17) is 4.42 Å². The van der Waals surface area contributed by atoms with E-state index < -0.39 is 5.63 Å². The molecule has 1 aliphatic rings. The molecule has 0 spiro atoms. The minimum absolute atomic E-state index is 0.0651. The molecule has 1 saturated heterocycles. The summed E-state index contributed by atoms with van der Waals surface area (Å²) in [4.78, 5) is 29.1. The van der Waals surface area contributed by atoms with E-state index in [1.165, 1.54) is 0 Å². The maximum absolute atomic E-state index is 12.3. The summed E-state index contributed by atoms with van der Waals surface area (Å²) < 4.78 is 5.21. The molecule has 134 valence electrons. The Morgan fingerprint density at radius 1 is 1.16 bits per heavy atom. The second kappa shape index (κ2) is 8.27. The number of carbonyl (C=O) groups excluding carboxylic acids is 1. The molecule has 1 aromatic heterocycles. The van der Waals surface area contributed by atoms with E-state index in [1.54, 1.807) is 18.2 Å². The number of piperazine rings is 1. The zero-order valence-electron chi connectivity index (χ0n) is 14.7. The molecule has 6 nitrogen and oxygen atoms in total. The number of nitrogens with zero attached hydrogens (tertiary/aromatic N) is 2. The normalized spacial score (nSPS) is 16.2. The van der Waals surface area contributed by atoms with Crippen LogP contribution in [0.2, 0.25) is 0 Å². The second-order valence-electron chi connectivity index (χ2n) is 6.37. The van der Waals surface area contributed by atoms with E-state index in [0.29, 0.717) is 12.1 Å². The van der Waals surface area contributed by atoms with Gasteiger partial charge in [-0.2, -0.15) is 0 Å². The number of amides is 1. The van der Waals surface area contributed by atoms with E-state index in [-0.39, 0.29) is 11.5 Å². The van der Waals surface area contributed by atoms with Crippen LogP contribution < -0.4 is 10.9 Å². The molecule has 3 rings (SSSR count). The molecule has 1 amide bonds. The fraction of sp³-hybridized carbons (Fsp3) is 0.474. The second-order valence-corrected chi connectivity index (χ2v) is 6.37. The number of hydrogen-bond donors (Lipinski definition) is 1. The van der Waals surface area contributed by atoms with Gasteiger partial charge in [0.1, 0.15) is 11.1 Å². The van der Waals surface area contributed by atoms with Gasteiger partial charge in [-0.25, -0.2) is 4.79 Å². The number of benzene rings is 1. The summed E-state index contributed by atoms with van der Waals surface area (Å²) in [6.45, 7) is 9.20. The fourth-order valence-electron chi connectivity index (χ4n) is 3.15. The largest absolute Gasteiger partial charge is 0.422 e. The van der Waals surface area contributed by atoms with E-state index >= 15 is 0 Å². The van der Waals surface area contributed by atoms with Crippen LogP contribution in [0.15, 0.2) is 39.5 Å². The summed E-state index contributed by atoms with van der Waals surface area (Å²) in [6, 6.07) is 8.79. The van der Waals surface area contributed by atoms with Gasteiger partial charge in [-0.3, -0.25) is 4.79 Å². The van der Waals surface area contributed by atoms with Crippen LogP contribution in [-0.4, -0.2) is 61.5 Å². The van der Waals surface area contributed by atoms with Crippen molar-refractivity contribution in [2.75, 3.05) is 45.8 Å². The molecule has 1 aliphatic heterocycles. The average molecular weight is 343 g/mol. The lowest BCUT2D eigenvalue weighted by Crippen LogP contribution is -2.46. The first-order valence-electron chi connectivity index (χ1n) is 8.93. The highest BCUT2D eigenvalue weighted by Crippen LogP contribution is 2.12. The molecule has 1 fully saturated rings. The lowest BCUT2D eigenvalue weighted by Gasteiger charge is -2.33. The summed E-state index contributed by atoms with van der Waals surface area (Å²) in [5, 5.41) is 3.58. The summed E-state index contributed by atoms with van der Waals surface area (Å²) in [5.74, 6) is -0.365. The standard InChI is InChI=1S/C19H25N3O3/c1-2-21-10-12-22(13-11-21)9-5-8-20-18(23)16-14-15-6-3-4-7-17(15)25-19(16)24/h3-4,6-7,14H,2,5,8-13H2,1H3,(H,20,23). The number of rotatable bonds is 6. The highest BCUT2D eigenvalue weighted by atomic mass is 16.4. The van der Waals surface area contributed by atoms with Gasteiger partial charge in [-0.1, -0.05) is 25.1 Å². The molecule has 0 bridgehead atoms. The molecule has 2 aromatic rings. The third-order valence-corrected chi connectivity index (χ3v) is 4.73. The van der Waals surface area contributed by atoms with E-state index in [9.17, 15) is 9.59 Å². The predicted molar refractivity (Wildman–Crippen MR) is 98.0 cm³/mol. The minimum Gasteiger partial charge on any atom is -0.422 e. The van der Waals surface area contributed by atoms with Gasteiger partial charge >= 0.3 is 5.63 Å². The van der Waals surface area contributed by atoms with Gasteiger partial charge in [0.2, 0.25) is 0 Å². The molecule has 1 aromatic carbocycles. The van der Waals surface area contributed by atoms with Crippen molar-refractivity contribution in [3.05, 3.63) is 46.3 Å². The molecule has 2 heterocycles. The monoisotopic (exact) mass is 343 g/mol. The van der Waals surface area contributed by atoms with Gasteiger partial charge in [-0.05, 0) is 31.6 Å². The number of carbonyl (C=O) groups is 1. The smallest absolute Gasteiger partial charge is 0.349 e. The Balaban J connectivity index is 1.48. The van der Waals surface area contributed by atoms with Crippen LogP contribution >= 0.6 is 0 Å². The van der Waals surface area contributed by atoms with Gasteiger partial charge in [0.25, 0.3) is 5.91 Å². The summed E-state index contributed by atoms with van der Waals surface area (Å²) in [6.07, 6.45) is 0.872. The van der Waals surface area contributed by atoms with Crippen LogP contribution in [0.3, 0.4) is 0 Å². The van der Waals surface area contributed by atoms with Crippen molar-refractivity contribution in [3.8, 4) is 0 Å². The van der Waals surface area contributed by atoms with Crippen molar-refractivity contribution in [1.82, 2.24) is 15.1 Å². The van der Waals surface area contributed by atoms with Crippen LogP contribution in [0.5, 0.6) is 0 Å². The number of likely N-dealkylation sites (N-methyl/N-ethyl adjacent to an activating group) is 1. The number of para-hydroxylation sites is 1. The quantitative estimate of drug-likeness (QED) is 0.637. The maximum atomic E-state index is 12.3. The Hall–Kier alpha value is -2.18.